The number of benzene rings is 2. The number of methoxy groups -OCH3 is 1. The lowest BCUT2D eigenvalue weighted by atomic mass is 9.76. The second-order valence-corrected chi connectivity index (χ2v) is 9.94. The number of amides is 3. The molecule has 0 spiro atoms. The molecule has 0 saturated carbocycles. The van der Waals surface area contributed by atoms with E-state index in [9.17, 15) is 19.5 Å². The first kappa shape index (κ1) is 29.0. The number of aliphatic hydroxyl groups is 1. The summed E-state index contributed by atoms with van der Waals surface area (Å²) in [6, 6.07) is 14.6. The smallest absolute Gasteiger partial charge is 0.270 e. The standard InChI is InChI=1S/C29H37N5O6/c1-39-16-5-11-29(28(38)31-12-6-15-35)18-21-7-4-8-22(17-21)40-19-25(36)30-13-14-34-26(27(37)32-20-29)23-9-2-3-10-24(23)33-34/h2-4,7-10,17,35H,5-6,11-16,18-20H2,1H3,(H,30,36)(H,31,38)(H,32,37). The van der Waals surface area contributed by atoms with Gasteiger partial charge in [-0.05, 0) is 49.4 Å². The van der Waals surface area contributed by atoms with Crippen molar-refractivity contribution in [3.05, 3.63) is 59.8 Å². The number of carbonyl (C=O) groups excluding carboxylic acids is 3. The highest BCUT2D eigenvalue weighted by Gasteiger charge is 2.39. The van der Waals surface area contributed by atoms with Crippen LogP contribution in [0.25, 0.3) is 10.9 Å². The molecule has 0 fully saturated rings. The molecule has 0 radical (unpaired) electrons. The molecule has 2 heterocycles. The van der Waals surface area contributed by atoms with Crippen molar-refractivity contribution in [3.63, 3.8) is 0 Å². The molecular weight excluding hydrogens is 514 g/mol. The minimum Gasteiger partial charge on any atom is -0.484 e. The Morgan fingerprint density at radius 2 is 2.02 bits per heavy atom. The summed E-state index contributed by atoms with van der Waals surface area (Å²) in [6.45, 7) is 1.16. The van der Waals surface area contributed by atoms with Crippen LogP contribution in [0.2, 0.25) is 0 Å². The lowest BCUT2D eigenvalue weighted by Crippen LogP contribution is -2.50. The monoisotopic (exact) mass is 551 g/mol. The Morgan fingerprint density at radius 3 is 2.85 bits per heavy atom. The van der Waals surface area contributed by atoms with E-state index in [4.69, 9.17) is 9.47 Å². The van der Waals surface area contributed by atoms with Gasteiger partial charge >= 0.3 is 0 Å². The highest BCUT2D eigenvalue weighted by atomic mass is 16.5. The summed E-state index contributed by atoms with van der Waals surface area (Å²) in [5.74, 6) is -0.362. The number of hydrogen-bond donors (Lipinski definition) is 4. The van der Waals surface area contributed by atoms with Gasteiger partial charge in [-0.15, -0.1) is 0 Å². The Labute approximate surface area is 233 Å². The van der Waals surface area contributed by atoms with Crippen LogP contribution in [0.4, 0.5) is 0 Å². The normalized spacial score (nSPS) is 18.4. The van der Waals surface area contributed by atoms with Crippen LogP contribution in [0.3, 0.4) is 0 Å². The molecule has 1 aromatic heterocycles. The molecule has 1 atom stereocenters. The number of aliphatic hydroxyl groups excluding tert-OH is 1. The first-order valence-electron chi connectivity index (χ1n) is 13.6. The van der Waals surface area contributed by atoms with E-state index in [-0.39, 0.29) is 50.6 Å². The van der Waals surface area contributed by atoms with Crippen LogP contribution in [0.1, 0.15) is 35.3 Å². The Kier molecular flexibility index (Phi) is 10.1. The van der Waals surface area contributed by atoms with E-state index in [0.29, 0.717) is 61.2 Å². The van der Waals surface area contributed by atoms with E-state index in [2.05, 4.69) is 21.0 Å². The summed E-state index contributed by atoms with van der Waals surface area (Å²) < 4.78 is 12.6. The number of nitrogens with zero attached hydrogens (tertiary/aromatic N) is 2. The van der Waals surface area contributed by atoms with Gasteiger partial charge in [0.2, 0.25) is 5.91 Å². The SMILES string of the molecule is COCCCC1(C(=O)NCCCO)CNC(=O)c2c3ccccc3nn2CCNC(=O)COc2cccc(c2)C1. The number of aromatic nitrogens is 2. The van der Waals surface area contributed by atoms with Crippen molar-refractivity contribution < 1.29 is 29.0 Å². The molecule has 0 aliphatic carbocycles. The van der Waals surface area contributed by atoms with Crippen molar-refractivity contribution in [1.82, 2.24) is 25.7 Å². The number of ether oxygens (including phenoxy) is 2. The van der Waals surface area contributed by atoms with Crippen LogP contribution in [-0.2, 0) is 27.3 Å². The molecule has 3 amide bonds. The van der Waals surface area contributed by atoms with E-state index in [1.807, 2.05) is 42.5 Å². The first-order chi connectivity index (χ1) is 19.5. The average molecular weight is 552 g/mol. The Hall–Kier alpha value is -3.96. The molecule has 11 heteroatoms. The van der Waals surface area contributed by atoms with E-state index in [1.54, 1.807) is 17.9 Å². The number of nitrogens with one attached hydrogen (secondary N) is 3. The second-order valence-electron chi connectivity index (χ2n) is 9.94. The van der Waals surface area contributed by atoms with Gasteiger partial charge in [0.05, 0.1) is 17.5 Å². The summed E-state index contributed by atoms with van der Waals surface area (Å²) in [5, 5.41) is 23.3. The van der Waals surface area contributed by atoms with Gasteiger partial charge < -0.3 is 30.5 Å². The third kappa shape index (κ3) is 7.16. The third-order valence-corrected chi connectivity index (χ3v) is 7.01. The molecule has 40 heavy (non-hydrogen) atoms. The zero-order chi connectivity index (χ0) is 28.4. The van der Waals surface area contributed by atoms with Crippen LogP contribution in [0, 0.1) is 5.41 Å². The van der Waals surface area contributed by atoms with Crippen LogP contribution in [-0.4, -0.2) is 79.2 Å². The molecule has 4 rings (SSSR count). The fraction of sp³-hybridized carbons (Fsp3) is 0.448. The molecular formula is C29H37N5O6. The molecule has 2 aromatic carbocycles. The predicted molar refractivity (Wildman–Crippen MR) is 149 cm³/mol. The topological polar surface area (TPSA) is 144 Å². The van der Waals surface area contributed by atoms with Gasteiger partial charge in [-0.1, -0.05) is 30.3 Å². The maximum atomic E-state index is 13.8. The fourth-order valence-corrected chi connectivity index (χ4v) is 4.99. The highest BCUT2D eigenvalue weighted by Crippen LogP contribution is 2.31. The third-order valence-electron chi connectivity index (χ3n) is 7.01. The van der Waals surface area contributed by atoms with E-state index >= 15 is 0 Å². The average Bonchev–Trinajstić information content (AvgIpc) is 3.33. The minimum absolute atomic E-state index is 0.0439. The van der Waals surface area contributed by atoms with Crippen molar-refractivity contribution in [2.75, 3.05) is 46.6 Å². The summed E-state index contributed by atoms with van der Waals surface area (Å²) >= 11 is 0. The lowest BCUT2D eigenvalue weighted by Gasteiger charge is -2.33. The Morgan fingerprint density at radius 1 is 1.18 bits per heavy atom. The van der Waals surface area contributed by atoms with Crippen molar-refractivity contribution in [1.29, 1.82) is 0 Å². The fourth-order valence-electron chi connectivity index (χ4n) is 4.99. The molecule has 11 nitrogen and oxygen atoms in total. The van der Waals surface area contributed by atoms with Crippen LogP contribution in [0.5, 0.6) is 5.75 Å². The van der Waals surface area contributed by atoms with E-state index < -0.39 is 5.41 Å². The van der Waals surface area contributed by atoms with Crippen molar-refractivity contribution in [2.24, 2.45) is 5.41 Å². The number of hydrogen-bond acceptors (Lipinski definition) is 7. The van der Waals surface area contributed by atoms with Crippen molar-refractivity contribution in [3.8, 4) is 5.75 Å². The summed E-state index contributed by atoms with van der Waals surface area (Å²) in [7, 11) is 1.61. The van der Waals surface area contributed by atoms with Gasteiger partial charge in [-0.2, -0.15) is 5.10 Å². The molecule has 3 aromatic rings. The molecule has 1 aliphatic rings. The second kappa shape index (κ2) is 13.9. The Balaban J connectivity index is 1.74. The minimum atomic E-state index is -1.02. The summed E-state index contributed by atoms with van der Waals surface area (Å²) in [5.41, 5.74) is 0.827. The number of rotatable bonds is 8. The van der Waals surface area contributed by atoms with E-state index in [0.717, 1.165) is 5.56 Å². The largest absolute Gasteiger partial charge is 0.484 e. The number of fused-ring (bicyclic) bond motifs is 5. The first-order valence-corrected chi connectivity index (χ1v) is 13.6. The molecule has 1 aliphatic heterocycles. The van der Waals surface area contributed by atoms with Gasteiger partial charge in [-0.3, -0.25) is 19.1 Å². The summed E-state index contributed by atoms with van der Waals surface area (Å²) in [4.78, 5) is 40.0. The summed E-state index contributed by atoms with van der Waals surface area (Å²) in [6.07, 6.45) is 1.77. The number of carbonyl (C=O) groups is 3. The molecule has 4 N–H and O–H groups in total. The van der Waals surface area contributed by atoms with Gasteiger partial charge in [-0.25, -0.2) is 0 Å². The molecule has 214 valence electrons. The van der Waals surface area contributed by atoms with Crippen molar-refractivity contribution >= 4 is 28.6 Å². The van der Waals surface area contributed by atoms with Crippen LogP contribution < -0.4 is 20.7 Å². The Bertz CT molecular complexity index is 1330. The molecule has 0 saturated heterocycles. The van der Waals surface area contributed by atoms with Gasteiger partial charge in [0.25, 0.3) is 11.8 Å². The maximum absolute atomic E-state index is 13.8. The highest BCUT2D eigenvalue weighted by molar-refractivity contribution is 6.05. The molecule has 1 unspecified atom stereocenters. The maximum Gasteiger partial charge on any atom is 0.270 e. The lowest BCUT2D eigenvalue weighted by molar-refractivity contribution is -0.131. The van der Waals surface area contributed by atoms with Gasteiger partial charge in [0.1, 0.15) is 11.4 Å². The van der Waals surface area contributed by atoms with E-state index in [1.165, 1.54) is 0 Å². The van der Waals surface area contributed by atoms with Crippen LogP contribution in [0.15, 0.2) is 48.5 Å². The van der Waals surface area contributed by atoms with Crippen molar-refractivity contribution in [2.45, 2.75) is 32.2 Å². The zero-order valence-electron chi connectivity index (χ0n) is 22.8. The van der Waals surface area contributed by atoms with Crippen LogP contribution >= 0.6 is 0 Å². The van der Waals surface area contributed by atoms with Gasteiger partial charge in [0.15, 0.2) is 6.61 Å². The zero-order valence-corrected chi connectivity index (χ0v) is 22.8. The molecule has 2 bridgehead atoms. The quantitative estimate of drug-likeness (QED) is 0.310. The van der Waals surface area contributed by atoms with Gasteiger partial charge in [0, 0.05) is 45.3 Å². The predicted octanol–water partition coefficient (Wildman–Crippen LogP) is 1.43.